The molecule has 3 heterocycles. The van der Waals surface area contributed by atoms with Crippen molar-refractivity contribution in [2.45, 2.75) is 37.6 Å². The fourth-order valence-corrected chi connectivity index (χ4v) is 4.27. The monoisotopic (exact) mass is 510 g/mol. The molecule has 4 rings (SSSR count). The van der Waals surface area contributed by atoms with Gasteiger partial charge in [0.2, 0.25) is 5.95 Å². The van der Waals surface area contributed by atoms with Crippen LogP contribution >= 0.6 is 23.2 Å². The first-order valence-corrected chi connectivity index (χ1v) is 11.4. The van der Waals surface area contributed by atoms with Crippen molar-refractivity contribution in [1.29, 1.82) is 0 Å². The molecule has 1 fully saturated rings. The van der Waals surface area contributed by atoms with Gasteiger partial charge in [-0.1, -0.05) is 29.3 Å². The number of aliphatic hydroxyl groups is 3. The van der Waals surface area contributed by atoms with E-state index in [4.69, 9.17) is 28.3 Å². The Morgan fingerprint density at radius 1 is 1.24 bits per heavy atom. The number of piperidine rings is 1. The highest BCUT2D eigenvalue weighted by Crippen LogP contribution is 2.26. The third-order valence-electron chi connectivity index (χ3n) is 5.83. The Hall–Kier alpha value is -2.70. The minimum atomic E-state index is -1.67. The van der Waals surface area contributed by atoms with Crippen LogP contribution in [0.2, 0.25) is 10.0 Å². The minimum absolute atomic E-state index is 0.139. The van der Waals surface area contributed by atoms with Gasteiger partial charge in [-0.3, -0.25) is 19.3 Å². The van der Waals surface area contributed by atoms with Gasteiger partial charge in [-0.15, -0.1) is 0 Å². The summed E-state index contributed by atoms with van der Waals surface area (Å²) in [5.74, 6) is -0.345. The number of aliphatic hydroxyl groups excluding tert-OH is 3. The van der Waals surface area contributed by atoms with E-state index in [9.17, 15) is 19.8 Å². The van der Waals surface area contributed by atoms with Gasteiger partial charge < -0.3 is 25.5 Å². The predicted molar refractivity (Wildman–Crippen MR) is 126 cm³/mol. The maximum Gasteiger partial charge on any atom is 0.278 e. The van der Waals surface area contributed by atoms with Crippen molar-refractivity contribution in [2.24, 2.45) is 0 Å². The number of halogens is 2. The SMILES string of the molecule is O=C([C@@H](O)[C@H](O)CO)N1CCC(n2ncc3nc(NCc4ccc(Cl)c(Cl)c4)[nH]c(=O)c32)CC1. The molecule has 5 N–H and O–H groups in total. The van der Waals surface area contributed by atoms with Crippen LogP contribution in [0.5, 0.6) is 0 Å². The molecule has 0 spiro atoms. The van der Waals surface area contributed by atoms with Crippen LogP contribution in [0.15, 0.2) is 29.2 Å². The molecule has 34 heavy (non-hydrogen) atoms. The summed E-state index contributed by atoms with van der Waals surface area (Å²) >= 11 is 12.0. The topological polar surface area (TPSA) is 157 Å². The Morgan fingerprint density at radius 2 is 1.97 bits per heavy atom. The second-order valence-electron chi connectivity index (χ2n) is 8.09. The highest BCUT2D eigenvalue weighted by atomic mass is 35.5. The Morgan fingerprint density at radius 3 is 2.65 bits per heavy atom. The number of nitrogens with one attached hydrogen (secondary N) is 2. The maximum atomic E-state index is 12.8. The predicted octanol–water partition coefficient (Wildman–Crippen LogP) is 0.916. The van der Waals surface area contributed by atoms with Crippen LogP contribution < -0.4 is 10.9 Å². The van der Waals surface area contributed by atoms with E-state index in [2.05, 4.69) is 20.4 Å². The fourth-order valence-electron chi connectivity index (χ4n) is 3.95. The van der Waals surface area contributed by atoms with Crippen LogP contribution in [-0.2, 0) is 11.3 Å². The number of hydrogen-bond acceptors (Lipinski definition) is 8. The molecule has 2 aromatic heterocycles. The molecule has 2 atom stereocenters. The van der Waals surface area contributed by atoms with Crippen molar-refractivity contribution in [1.82, 2.24) is 24.6 Å². The Labute approximate surface area is 203 Å². The summed E-state index contributed by atoms with van der Waals surface area (Å²) in [6.07, 6.45) is -0.672. The minimum Gasteiger partial charge on any atom is -0.394 e. The second-order valence-corrected chi connectivity index (χ2v) is 8.91. The molecule has 3 aromatic rings. The van der Waals surface area contributed by atoms with Crippen molar-refractivity contribution >= 4 is 46.1 Å². The number of carbonyl (C=O) groups excluding carboxylic acids is 1. The molecule has 1 saturated heterocycles. The number of amides is 1. The normalized spacial score (nSPS) is 16.6. The first-order valence-electron chi connectivity index (χ1n) is 10.7. The molecule has 0 aliphatic carbocycles. The number of hydrogen-bond donors (Lipinski definition) is 5. The van der Waals surface area contributed by atoms with E-state index in [0.29, 0.717) is 59.5 Å². The summed E-state index contributed by atoms with van der Waals surface area (Å²) in [7, 11) is 0. The average molecular weight is 511 g/mol. The largest absolute Gasteiger partial charge is 0.394 e. The number of carbonyl (C=O) groups is 1. The number of H-pyrrole nitrogens is 1. The molecule has 1 aliphatic rings. The van der Waals surface area contributed by atoms with Crippen molar-refractivity contribution in [3.63, 3.8) is 0 Å². The summed E-state index contributed by atoms with van der Waals surface area (Å²) in [4.78, 5) is 33.7. The quantitative estimate of drug-likeness (QED) is 0.314. The third-order valence-corrected chi connectivity index (χ3v) is 6.56. The number of benzene rings is 1. The Bertz CT molecular complexity index is 1240. The van der Waals surface area contributed by atoms with Crippen molar-refractivity contribution in [3.8, 4) is 0 Å². The standard InChI is InChI=1S/C21H24Cl2N6O5/c22-13-2-1-11(7-14(13)23)8-24-21-26-15-9-25-29(17(15)19(33)27-21)12-3-5-28(6-4-12)20(34)18(32)16(31)10-30/h1-2,7,9,12,16,18,30-32H,3-6,8,10H2,(H2,24,26,27,33)/t16-,18+/m1/s1. The molecule has 0 unspecified atom stereocenters. The van der Waals surface area contributed by atoms with Crippen LogP contribution in [0, 0.1) is 0 Å². The van der Waals surface area contributed by atoms with Crippen LogP contribution in [0.4, 0.5) is 5.95 Å². The van der Waals surface area contributed by atoms with E-state index in [1.165, 1.54) is 11.1 Å². The van der Waals surface area contributed by atoms with Crippen molar-refractivity contribution in [2.75, 3.05) is 25.0 Å². The lowest BCUT2D eigenvalue weighted by Gasteiger charge is -2.34. The summed E-state index contributed by atoms with van der Waals surface area (Å²) in [6, 6.07) is 5.10. The van der Waals surface area contributed by atoms with Gasteiger partial charge in [0.05, 0.1) is 28.9 Å². The van der Waals surface area contributed by atoms with E-state index in [1.807, 2.05) is 6.07 Å². The van der Waals surface area contributed by atoms with Crippen LogP contribution in [0.25, 0.3) is 11.0 Å². The lowest BCUT2D eigenvalue weighted by atomic mass is 10.0. The number of likely N-dealkylation sites (tertiary alicyclic amines) is 1. The molecule has 13 heteroatoms. The molecular weight excluding hydrogens is 487 g/mol. The van der Waals surface area contributed by atoms with Crippen LogP contribution in [-0.4, -0.2) is 77.8 Å². The zero-order chi connectivity index (χ0) is 24.4. The molecule has 0 radical (unpaired) electrons. The van der Waals surface area contributed by atoms with Crippen molar-refractivity contribution < 1.29 is 20.1 Å². The molecule has 0 saturated carbocycles. The lowest BCUT2D eigenvalue weighted by molar-refractivity contribution is -0.149. The van der Waals surface area contributed by atoms with E-state index >= 15 is 0 Å². The number of anilines is 1. The highest BCUT2D eigenvalue weighted by Gasteiger charge is 2.32. The Balaban J connectivity index is 1.44. The van der Waals surface area contributed by atoms with Gasteiger partial charge >= 0.3 is 0 Å². The van der Waals surface area contributed by atoms with Gasteiger partial charge in [0.25, 0.3) is 11.5 Å². The molecule has 182 valence electrons. The van der Waals surface area contributed by atoms with E-state index in [1.54, 1.807) is 16.8 Å². The zero-order valence-corrected chi connectivity index (χ0v) is 19.5. The van der Waals surface area contributed by atoms with Crippen molar-refractivity contribution in [3.05, 3.63) is 50.4 Å². The molecule has 1 aromatic carbocycles. The van der Waals surface area contributed by atoms with E-state index < -0.39 is 24.7 Å². The zero-order valence-electron chi connectivity index (χ0n) is 18.0. The molecule has 1 aliphatic heterocycles. The molecule has 0 bridgehead atoms. The Kier molecular flexibility index (Phi) is 7.39. The van der Waals surface area contributed by atoms with Gasteiger partial charge in [0.15, 0.2) is 11.6 Å². The lowest BCUT2D eigenvalue weighted by Crippen LogP contribution is -2.49. The first kappa shape index (κ1) is 24.4. The fraction of sp³-hybridized carbons (Fsp3) is 0.429. The maximum absolute atomic E-state index is 12.8. The molecule has 11 nitrogen and oxygen atoms in total. The van der Waals surface area contributed by atoms with Crippen LogP contribution in [0.1, 0.15) is 24.4 Å². The first-order chi connectivity index (χ1) is 16.3. The van der Waals surface area contributed by atoms with Gasteiger partial charge in [0, 0.05) is 19.6 Å². The molecule has 1 amide bonds. The smallest absolute Gasteiger partial charge is 0.278 e. The number of aromatic amines is 1. The molecular formula is C21H24Cl2N6O5. The van der Waals surface area contributed by atoms with Gasteiger partial charge in [-0.25, -0.2) is 4.98 Å². The summed E-state index contributed by atoms with van der Waals surface area (Å²) < 4.78 is 1.62. The number of nitrogens with zero attached hydrogens (tertiary/aromatic N) is 4. The number of rotatable bonds is 7. The highest BCUT2D eigenvalue weighted by molar-refractivity contribution is 6.42. The second kappa shape index (κ2) is 10.3. The number of aromatic nitrogens is 4. The van der Waals surface area contributed by atoms with E-state index in [-0.39, 0.29) is 11.6 Å². The van der Waals surface area contributed by atoms with Gasteiger partial charge in [-0.05, 0) is 30.5 Å². The average Bonchev–Trinajstić information content (AvgIpc) is 3.28. The number of fused-ring (bicyclic) bond motifs is 1. The van der Waals surface area contributed by atoms with E-state index in [0.717, 1.165) is 5.56 Å². The van der Waals surface area contributed by atoms with Gasteiger partial charge in [-0.2, -0.15) is 5.10 Å². The third kappa shape index (κ3) is 5.03. The summed E-state index contributed by atoms with van der Waals surface area (Å²) in [5, 5.41) is 36.6. The van der Waals surface area contributed by atoms with Gasteiger partial charge in [0.1, 0.15) is 11.6 Å². The summed E-state index contributed by atoms with van der Waals surface area (Å²) in [6.45, 7) is 0.300. The summed E-state index contributed by atoms with van der Waals surface area (Å²) in [5.41, 5.74) is 1.28. The van der Waals surface area contributed by atoms with Crippen LogP contribution in [0.3, 0.4) is 0 Å².